The summed E-state index contributed by atoms with van der Waals surface area (Å²) in [5.41, 5.74) is 0.965. The van der Waals surface area contributed by atoms with Gasteiger partial charge in [0.25, 0.3) is 0 Å². The van der Waals surface area contributed by atoms with Gasteiger partial charge in [-0.05, 0) is 46.5 Å². The van der Waals surface area contributed by atoms with Crippen molar-refractivity contribution < 1.29 is 13.2 Å². The Labute approximate surface area is 170 Å². The molecular weight excluding hydrogens is 396 g/mol. The van der Waals surface area contributed by atoms with Crippen molar-refractivity contribution in [2.45, 2.75) is 57.2 Å². The van der Waals surface area contributed by atoms with E-state index in [1.807, 2.05) is 30.3 Å². The molecule has 1 saturated carbocycles. The number of hydrogen-bond donors (Lipinski definition) is 2. The predicted octanol–water partition coefficient (Wildman–Crippen LogP) is 3.42. The van der Waals surface area contributed by atoms with Crippen molar-refractivity contribution in [1.82, 2.24) is 14.9 Å². The molecule has 28 heavy (non-hydrogen) atoms. The maximum atomic E-state index is 12.6. The number of sulfonamides is 1. The summed E-state index contributed by atoms with van der Waals surface area (Å²) in [4.78, 5) is 12.6. The van der Waals surface area contributed by atoms with E-state index in [4.69, 9.17) is 0 Å². The van der Waals surface area contributed by atoms with Crippen LogP contribution in [-0.2, 0) is 14.8 Å². The van der Waals surface area contributed by atoms with Gasteiger partial charge in [0.1, 0.15) is 5.01 Å². The summed E-state index contributed by atoms with van der Waals surface area (Å²) >= 11 is 1.34. The Morgan fingerprint density at radius 1 is 1.07 bits per heavy atom. The molecule has 152 valence electrons. The van der Waals surface area contributed by atoms with Crippen molar-refractivity contribution >= 4 is 32.4 Å². The van der Waals surface area contributed by atoms with Crippen molar-refractivity contribution in [3.05, 3.63) is 30.3 Å². The smallest absolute Gasteiger partial charge is 0.229 e. The molecule has 0 spiro atoms. The average Bonchev–Trinajstić information content (AvgIpc) is 3.10. The van der Waals surface area contributed by atoms with Crippen LogP contribution in [0.3, 0.4) is 0 Å². The van der Waals surface area contributed by atoms with Gasteiger partial charge < -0.3 is 5.32 Å². The van der Waals surface area contributed by atoms with Crippen LogP contribution in [-0.4, -0.2) is 35.3 Å². The highest BCUT2D eigenvalue weighted by Crippen LogP contribution is 2.29. The normalized spacial score (nSPS) is 20.7. The van der Waals surface area contributed by atoms with Gasteiger partial charge in [-0.2, -0.15) is 0 Å². The van der Waals surface area contributed by atoms with E-state index in [1.165, 1.54) is 11.3 Å². The molecule has 1 amide bonds. The number of rotatable bonds is 5. The molecule has 1 aromatic heterocycles. The zero-order valence-electron chi connectivity index (χ0n) is 16.3. The summed E-state index contributed by atoms with van der Waals surface area (Å²) in [5, 5.41) is 12.3. The number of nitrogens with zero attached hydrogens (tertiary/aromatic N) is 2. The summed E-state index contributed by atoms with van der Waals surface area (Å²) in [6.07, 6.45) is 2.60. The molecule has 0 atom stereocenters. The summed E-state index contributed by atoms with van der Waals surface area (Å²) in [7, 11) is -3.37. The van der Waals surface area contributed by atoms with Gasteiger partial charge >= 0.3 is 0 Å². The number of carbonyl (C=O) groups is 1. The van der Waals surface area contributed by atoms with E-state index >= 15 is 0 Å². The molecule has 0 bridgehead atoms. The Bertz CT molecular complexity index is 912. The van der Waals surface area contributed by atoms with Gasteiger partial charge in [0.15, 0.2) is 0 Å². The van der Waals surface area contributed by atoms with Crippen molar-refractivity contribution in [3.8, 4) is 10.6 Å². The summed E-state index contributed by atoms with van der Waals surface area (Å²) in [6.45, 7) is 5.04. The van der Waals surface area contributed by atoms with Crippen LogP contribution in [0.2, 0.25) is 0 Å². The highest BCUT2D eigenvalue weighted by atomic mass is 32.2. The molecule has 0 unspecified atom stereocenters. The minimum Gasteiger partial charge on any atom is -0.300 e. The van der Waals surface area contributed by atoms with Crippen LogP contribution in [0.1, 0.15) is 46.5 Å². The van der Waals surface area contributed by atoms with E-state index in [9.17, 15) is 13.2 Å². The van der Waals surface area contributed by atoms with Crippen molar-refractivity contribution in [1.29, 1.82) is 0 Å². The lowest BCUT2D eigenvalue weighted by atomic mass is 9.86. The van der Waals surface area contributed by atoms with Gasteiger partial charge in [-0.15, -0.1) is 10.2 Å². The zero-order chi connectivity index (χ0) is 20.4. The minimum absolute atomic E-state index is 0.0760. The first-order valence-electron chi connectivity index (χ1n) is 9.37. The molecule has 9 heteroatoms. The lowest BCUT2D eigenvalue weighted by Gasteiger charge is -2.30. The number of nitrogens with one attached hydrogen (secondary N) is 2. The number of aromatic nitrogens is 2. The first-order valence-corrected chi connectivity index (χ1v) is 11.7. The van der Waals surface area contributed by atoms with E-state index in [1.54, 1.807) is 20.8 Å². The molecular formula is C19H26N4O3S2. The molecule has 1 aliphatic rings. The molecule has 0 aliphatic heterocycles. The SMILES string of the molecule is CC(C)(C)S(=O)(=O)N[C@H]1CC[C@H](C(=O)Nc2nnc(-c3ccccc3)s2)CC1. The molecule has 0 radical (unpaired) electrons. The second-order valence-corrected chi connectivity index (χ2v) is 11.5. The van der Waals surface area contributed by atoms with Crippen LogP contribution in [0.25, 0.3) is 10.6 Å². The Kier molecular flexibility index (Phi) is 6.16. The predicted molar refractivity (Wildman–Crippen MR) is 112 cm³/mol. The van der Waals surface area contributed by atoms with E-state index in [2.05, 4.69) is 20.2 Å². The molecule has 1 aliphatic carbocycles. The number of amides is 1. The van der Waals surface area contributed by atoms with Gasteiger partial charge in [-0.3, -0.25) is 4.79 Å². The summed E-state index contributed by atoms with van der Waals surface area (Å²) < 4.78 is 26.5. The van der Waals surface area contributed by atoms with Crippen LogP contribution in [0.5, 0.6) is 0 Å². The van der Waals surface area contributed by atoms with Gasteiger partial charge in [0.2, 0.25) is 21.1 Å². The molecule has 0 saturated heterocycles. The third-order valence-electron chi connectivity index (χ3n) is 4.90. The molecule has 3 rings (SSSR count). The van der Waals surface area contributed by atoms with Crippen molar-refractivity contribution in [2.75, 3.05) is 5.32 Å². The summed E-state index contributed by atoms with van der Waals surface area (Å²) in [6, 6.07) is 9.59. The minimum atomic E-state index is -3.37. The van der Waals surface area contributed by atoms with E-state index in [0.29, 0.717) is 30.8 Å². The van der Waals surface area contributed by atoms with Gasteiger partial charge in [0, 0.05) is 17.5 Å². The third-order valence-corrected chi connectivity index (χ3v) is 8.05. The van der Waals surface area contributed by atoms with Crippen LogP contribution in [0, 0.1) is 5.92 Å². The van der Waals surface area contributed by atoms with Crippen molar-refractivity contribution in [2.24, 2.45) is 5.92 Å². The lowest BCUT2D eigenvalue weighted by molar-refractivity contribution is -0.120. The van der Waals surface area contributed by atoms with Crippen molar-refractivity contribution in [3.63, 3.8) is 0 Å². The Morgan fingerprint density at radius 2 is 1.71 bits per heavy atom. The van der Waals surface area contributed by atoms with E-state index in [-0.39, 0.29) is 17.9 Å². The highest BCUT2D eigenvalue weighted by Gasteiger charge is 2.34. The number of hydrogen-bond acceptors (Lipinski definition) is 6. The fraction of sp³-hybridized carbons (Fsp3) is 0.526. The largest absolute Gasteiger partial charge is 0.300 e. The highest BCUT2D eigenvalue weighted by molar-refractivity contribution is 7.90. The Morgan fingerprint density at radius 3 is 2.32 bits per heavy atom. The Hall–Kier alpha value is -1.84. The van der Waals surface area contributed by atoms with Crippen LogP contribution >= 0.6 is 11.3 Å². The molecule has 7 nitrogen and oxygen atoms in total. The topological polar surface area (TPSA) is 101 Å². The standard InChI is InChI=1S/C19H26N4O3S2/c1-19(2,3)28(25,26)23-15-11-9-13(10-12-15)16(24)20-18-22-21-17(27-18)14-7-5-4-6-8-14/h4-8,13,15,23H,9-12H2,1-3H3,(H,20,22,24)/t13-,15-. The fourth-order valence-electron chi connectivity index (χ4n) is 3.05. The van der Waals surface area contributed by atoms with Gasteiger partial charge in [-0.25, -0.2) is 13.1 Å². The number of benzene rings is 1. The van der Waals surface area contributed by atoms with E-state index < -0.39 is 14.8 Å². The monoisotopic (exact) mass is 422 g/mol. The lowest BCUT2D eigenvalue weighted by Crippen LogP contribution is -2.46. The first-order chi connectivity index (χ1) is 13.2. The van der Waals surface area contributed by atoms with Gasteiger partial charge in [-0.1, -0.05) is 41.7 Å². The maximum absolute atomic E-state index is 12.6. The molecule has 1 fully saturated rings. The van der Waals surface area contributed by atoms with Gasteiger partial charge in [0.05, 0.1) is 4.75 Å². The average molecular weight is 423 g/mol. The van der Waals surface area contributed by atoms with E-state index in [0.717, 1.165) is 10.6 Å². The second kappa shape index (κ2) is 8.26. The molecule has 2 aromatic rings. The number of anilines is 1. The van der Waals surface area contributed by atoms with Crippen LogP contribution in [0.15, 0.2) is 30.3 Å². The third kappa shape index (κ3) is 4.95. The fourth-order valence-corrected chi connectivity index (χ4v) is 4.83. The van der Waals surface area contributed by atoms with Crippen LogP contribution < -0.4 is 10.0 Å². The molecule has 1 aromatic carbocycles. The molecule has 1 heterocycles. The quantitative estimate of drug-likeness (QED) is 0.769. The van der Waals surface area contributed by atoms with Crippen LogP contribution in [0.4, 0.5) is 5.13 Å². The Balaban J connectivity index is 1.53. The zero-order valence-corrected chi connectivity index (χ0v) is 17.9. The second-order valence-electron chi connectivity index (χ2n) is 8.05. The molecule has 2 N–H and O–H groups in total. The first kappa shape index (κ1) is 20.9. The number of carbonyl (C=O) groups excluding carboxylic acids is 1. The summed E-state index contributed by atoms with van der Waals surface area (Å²) in [5.74, 6) is -0.215. The maximum Gasteiger partial charge on any atom is 0.229 e.